The molecule has 1 amide bonds. The first-order valence-electron chi connectivity index (χ1n) is 9.38. The molecule has 12 heteroatoms. The van der Waals surface area contributed by atoms with E-state index in [1.807, 2.05) is 30.3 Å². The Morgan fingerprint density at radius 2 is 1.94 bits per heavy atom. The molecular weight excluding hydrogens is 432 g/mol. The second-order valence-electron chi connectivity index (χ2n) is 6.56. The minimum atomic E-state index is -0.548. The number of aromatic hydroxyl groups is 1. The van der Waals surface area contributed by atoms with Crippen molar-refractivity contribution in [3.63, 3.8) is 0 Å². The maximum Gasteiger partial charge on any atom is 0.293 e. The summed E-state index contributed by atoms with van der Waals surface area (Å²) < 4.78 is 5.99. The molecule has 0 saturated carbocycles. The summed E-state index contributed by atoms with van der Waals surface area (Å²) in [6, 6.07) is 16.1. The number of anilines is 1. The van der Waals surface area contributed by atoms with Gasteiger partial charge in [0.05, 0.1) is 11.4 Å². The fourth-order valence-electron chi connectivity index (χ4n) is 2.74. The van der Waals surface area contributed by atoms with Crippen LogP contribution in [0.4, 0.5) is 5.82 Å². The van der Waals surface area contributed by atoms with Crippen LogP contribution >= 0.6 is 11.8 Å². The van der Waals surface area contributed by atoms with Crippen molar-refractivity contribution in [2.45, 2.75) is 17.6 Å². The largest absolute Gasteiger partial charge is 0.508 e. The van der Waals surface area contributed by atoms with Crippen molar-refractivity contribution in [2.75, 3.05) is 5.73 Å². The number of benzene rings is 2. The molecule has 0 unspecified atom stereocenters. The van der Waals surface area contributed by atoms with Crippen LogP contribution in [-0.4, -0.2) is 42.0 Å². The van der Waals surface area contributed by atoms with Gasteiger partial charge in [0.1, 0.15) is 5.75 Å². The molecule has 4 rings (SSSR count). The Morgan fingerprint density at radius 3 is 2.62 bits per heavy atom. The molecule has 0 aliphatic rings. The summed E-state index contributed by atoms with van der Waals surface area (Å²) in [5.74, 6) is 0.114. The number of nitrogens with zero attached hydrogens (tertiary/aromatic N) is 6. The van der Waals surface area contributed by atoms with Gasteiger partial charge in [0.25, 0.3) is 5.91 Å². The lowest BCUT2D eigenvalue weighted by molar-refractivity contribution is 0.0949. The number of amides is 1. The molecule has 4 N–H and O–H groups in total. The summed E-state index contributed by atoms with van der Waals surface area (Å²) in [6.07, 6.45) is 0. The first-order chi connectivity index (χ1) is 15.5. The number of nitrogens with one attached hydrogen (secondary N) is 1. The standard InChI is InChI=1S/C20H18N8O3S/c1-12(13-7-9-14(29)10-8-13)22-24-20(30)17-16(11-32-15-5-3-2-4-6-15)28(27-23-17)19-18(21)25-31-26-19/h2-10,29H,11H2,1H3,(H2,21,25)(H,24,30). The number of phenols is 1. The lowest BCUT2D eigenvalue weighted by atomic mass is 10.1. The zero-order valence-corrected chi connectivity index (χ0v) is 17.7. The van der Waals surface area contributed by atoms with Gasteiger partial charge in [-0.15, -0.1) is 16.9 Å². The smallest absolute Gasteiger partial charge is 0.293 e. The van der Waals surface area contributed by atoms with Crippen molar-refractivity contribution < 1.29 is 14.5 Å². The molecule has 32 heavy (non-hydrogen) atoms. The van der Waals surface area contributed by atoms with E-state index in [2.05, 4.69) is 35.8 Å². The Morgan fingerprint density at radius 1 is 1.19 bits per heavy atom. The van der Waals surface area contributed by atoms with Crippen LogP contribution in [0.15, 0.2) is 69.2 Å². The van der Waals surface area contributed by atoms with E-state index in [4.69, 9.17) is 5.73 Å². The lowest BCUT2D eigenvalue weighted by Gasteiger charge is -2.06. The van der Waals surface area contributed by atoms with Crippen LogP contribution < -0.4 is 11.2 Å². The number of thioether (sulfide) groups is 1. The van der Waals surface area contributed by atoms with Gasteiger partial charge in [-0.1, -0.05) is 23.4 Å². The fourth-order valence-corrected chi connectivity index (χ4v) is 3.65. The first-order valence-corrected chi connectivity index (χ1v) is 10.4. The Labute approximate surface area is 186 Å². The van der Waals surface area contributed by atoms with Crippen LogP contribution in [0.5, 0.6) is 5.75 Å². The minimum absolute atomic E-state index is 0.0222. The maximum atomic E-state index is 12.9. The molecule has 11 nitrogen and oxygen atoms in total. The van der Waals surface area contributed by atoms with E-state index < -0.39 is 5.91 Å². The molecule has 2 heterocycles. The van der Waals surface area contributed by atoms with Crippen molar-refractivity contribution in [3.8, 4) is 11.6 Å². The SMILES string of the molecule is CC(=NNC(=O)c1nnn(-c2nonc2N)c1CSc1ccccc1)c1ccc(O)cc1. The van der Waals surface area contributed by atoms with Crippen molar-refractivity contribution in [1.29, 1.82) is 0 Å². The highest BCUT2D eigenvalue weighted by atomic mass is 32.2. The zero-order chi connectivity index (χ0) is 22.5. The number of hydrazone groups is 1. The van der Waals surface area contributed by atoms with Gasteiger partial charge in [0.2, 0.25) is 11.6 Å². The molecule has 0 fully saturated rings. The van der Waals surface area contributed by atoms with E-state index in [0.717, 1.165) is 10.5 Å². The quantitative estimate of drug-likeness (QED) is 0.218. The van der Waals surface area contributed by atoms with E-state index >= 15 is 0 Å². The molecule has 4 aromatic rings. The van der Waals surface area contributed by atoms with Crippen molar-refractivity contribution in [1.82, 2.24) is 30.7 Å². The van der Waals surface area contributed by atoms with E-state index in [0.29, 0.717) is 17.2 Å². The Balaban J connectivity index is 1.60. The number of rotatable bonds is 7. The van der Waals surface area contributed by atoms with Gasteiger partial charge in [0.15, 0.2) is 5.69 Å². The Bertz CT molecular complexity index is 1250. The molecule has 2 aromatic carbocycles. The monoisotopic (exact) mass is 450 g/mol. The summed E-state index contributed by atoms with van der Waals surface area (Å²) >= 11 is 1.49. The molecule has 0 aliphatic heterocycles. The normalized spacial score (nSPS) is 11.5. The third-order valence-electron chi connectivity index (χ3n) is 4.40. The molecule has 0 aliphatic carbocycles. The fraction of sp³-hybridized carbons (Fsp3) is 0.100. The van der Waals surface area contributed by atoms with Gasteiger partial charge < -0.3 is 10.8 Å². The number of aromatic nitrogens is 5. The van der Waals surface area contributed by atoms with E-state index in [-0.39, 0.29) is 23.1 Å². The van der Waals surface area contributed by atoms with Crippen LogP contribution in [-0.2, 0) is 5.75 Å². The Hall–Kier alpha value is -4.19. The molecule has 0 bridgehead atoms. The molecule has 0 spiro atoms. The molecule has 2 aromatic heterocycles. The number of phenolic OH excluding ortho intramolecular Hbond substituents is 1. The third kappa shape index (κ3) is 4.59. The van der Waals surface area contributed by atoms with Crippen molar-refractivity contribution in [2.24, 2.45) is 5.10 Å². The number of nitrogens with two attached hydrogens (primary N) is 1. The van der Waals surface area contributed by atoms with E-state index in [1.165, 1.54) is 28.6 Å². The molecule has 162 valence electrons. The summed E-state index contributed by atoms with van der Waals surface area (Å²) in [5, 5.41) is 28.9. The average Bonchev–Trinajstić information content (AvgIpc) is 3.42. The van der Waals surface area contributed by atoms with Gasteiger partial charge in [-0.3, -0.25) is 4.79 Å². The van der Waals surface area contributed by atoms with Crippen LogP contribution in [0, 0.1) is 0 Å². The van der Waals surface area contributed by atoms with Crippen molar-refractivity contribution in [3.05, 3.63) is 71.5 Å². The molecule has 0 atom stereocenters. The summed E-state index contributed by atoms with van der Waals surface area (Å²) in [7, 11) is 0. The molecule has 0 radical (unpaired) electrons. The second-order valence-corrected chi connectivity index (χ2v) is 7.61. The van der Waals surface area contributed by atoms with E-state index in [9.17, 15) is 9.90 Å². The number of carbonyl (C=O) groups is 1. The predicted octanol–water partition coefficient (Wildman–Crippen LogP) is 2.38. The third-order valence-corrected chi connectivity index (χ3v) is 5.43. The number of nitrogen functional groups attached to an aromatic ring is 1. The van der Waals surface area contributed by atoms with Crippen LogP contribution in [0.1, 0.15) is 28.7 Å². The number of hydrogen-bond donors (Lipinski definition) is 3. The molecular formula is C20H18N8O3S. The lowest BCUT2D eigenvalue weighted by Crippen LogP contribution is -2.21. The number of carbonyl (C=O) groups excluding carboxylic acids is 1. The highest BCUT2D eigenvalue weighted by Crippen LogP contribution is 2.25. The minimum Gasteiger partial charge on any atom is -0.508 e. The van der Waals surface area contributed by atoms with Crippen LogP contribution in [0.3, 0.4) is 0 Å². The van der Waals surface area contributed by atoms with Gasteiger partial charge in [-0.2, -0.15) is 9.78 Å². The second kappa shape index (κ2) is 9.31. The Kier molecular flexibility index (Phi) is 6.12. The highest BCUT2D eigenvalue weighted by Gasteiger charge is 2.24. The summed E-state index contributed by atoms with van der Waals surface area (Å²) in [4.78, 5) is 13.9. The van der Waals surface area contributed by atoms with Gasteiger partial charge in [0, 0.05) is 10.6 Å². The topological polar surface area (TPSA) is 157 Å². The molecule has 0 saturated heterocycles. The maximum absolute atomic E-state index is 12.9. The average molecular weight is 450 g/mol. The van der Waals surface area contributed by atoms with E-state index in [1.54, 1.807) is 19.1 Å². The van der Waals surface area contributed by atoms with Crippen LogP contribution in [0.2, 0.25) is 0 Å². The summed E-state index contributed by atoms with van der Waals surface area (Å²) in [6.45, 7) is 1.73. The van der Waals surface area contributed by atoms with Crippen molar-refractivity contribution >= 4 is 29.2 Å². The van der Waals surface area contributed by atoms with Gasteiger partial charge in [-0.05, 0) is 59.2 Å². The van der Waals surface area contributed by atoms with Crippen LogP contribution in [0.25, 0.3) is 5.82 Å². The first kappa shape index (κ1) is 21.1. The summed E-state index contributed by atoms with van der Waals surface area (Å²) in [5.41, 5.74) is 10.1. The number of hydrogen-bond acceptors (Lipinski definition) is 10. The van der Waals surface area contributed by atoms with Gasteiger partial charge >= 0.3 is 0 Å². The predicted molar refractivity (Wildman–Crippen MR) is 117 cm³/mol. The highest BCUT2D eigenvalue weighted by molar-refractivity contribution is 7.98. The zero-order valence-electron chi connectivity index (χ0n) is 16.8. The van der Waals surface area contributed by atoms with Gasteiger partial charge in [-0.25, -0.2) is 10.1 Å².